The molecule has 1 N–H and O–H groups in total. The van der Waals surface area contributed by atoms with Gasteiger partial charge < -0.3 is 19.5 Å². The molecule has 9 nitrogen and oxygen atoms in total. The van der Waals surface area contributed by atoms with Gasteiger partial charge in [0.1, 0.15) is 0 Å². The first-order chi connectivity index (χ1) is 13.3. The van der Waals surface area contributed by atoms with Crippen molar-refractivity contribution in [2.75, 3.05) is 20.8 Å². The summed E-state index contributed by atoms with van der Waals surface area (Å²) in [6, 6.07) is 9.01. The third kappa shape index (κ3) is 5.19. The largest absolute Gasteiger partial charge is 0.493 e. The van der Waals surface area contributed by atoms with Gasteiger partial charge in [-0.25, -0.2) is 0 Å². The van der Waals surface area contributed by atoms with Crippen LogP contribution in [0.15, 0.2) is 36.4 Å². The third-order valence-corrected chi connectivity index (χ3v) is 3.81. The number of nitro groups is 1. The zero-order valence-electron chi connectivity index (χ0n) is 15.7. The van der Waals surface area contributed by atoms with E-state index < -0.39 is 10.9 Å². The number of hydrogen-bond acceptors (Lipinski definition) is 7. The first-order valence-corrected chi connectivity index (χ1v) is 8.31. The molecule has 0 aliphatic heterocycles. The third-order valence-electron chi connectivity index (χ3n) is 3.81. The maximum absolute atomic E-state index is 12.4. The molecule has 2 rings (SSSR count). The molecule has 0 radical (unpaired) electrons. The number of hydrogen-bond donors (Lipinski definition) is 1. The molecule has 0 aliphatic rings. The number of benzene rings is 2. The fraction of sp³-hybridized carbons (Fsp3) is 0.263. The van der Waals surface area contributed by atoms with Crippen LogP contribution in [0.3, 0.4) is 0 Å². The summed E-state index contributed by atoms with van der Waals surface area (Å²) in [7, 11) is 2.77. The number of methoxy groups -OCH3 is 2. The van der Waals surface area contributed by atoms with Crippen LogP contribution in [0.2, 0.25) is 0 Å². The number of amides is 1. The number of ether oxygens (including phenoxy) is 3. The lowest BCUT2D eigenvalue weighted by Crippen LogP contribution is -2.25. The summed E-state index contributed by atoms with van der Waals surface area (Å²) < 4.78 is 15.5. The second kappa shape index (κ2) is 9.36. The van der Waals surface area contributed by atoms with Crippen LogP contribution in [0.4, 0.5) is 5.69 Å². The monoisotopic (exact) mass is 388 g/mol. The summed E-state index contributed by atoms with van der Waals surface area (Å²) in [4.78, 5) is 33.9. The summed E-state index contributed by atoms with van der Waals surface area (Å²) in [5, 5.41) is 13.4. The number of rotatable bonds is 8. The van der Waals surface area contributed by atoms with E-state index in [1.807, 2.05) is 0 Å². The SMILES string of the molecule is COc1cc(C(=O)NCCc2ccc([N+](=O)[O-])cc2)cc(OC)c1OC(C)=O. The normalized spacial score (nSPS) is 10.1. The van der Waals surface area contributed by atoms with E-state index in [-0.39, 0.29) is 34.4 Å². The Morgan fingerprint density at radius 1 is 1.07 bits per heavy atom. The molecule has 0 spiro atoms. The fourth-order valence-corrected chi connectivity index (χ4v) is 2.46. The van der Waals surface area contributed by atoms with E-state index in [9.17, 15) is 19.7 Å². The number of nitrogens with one attached hydrogen (secondary N) is 1. The Labute approximate surface area is 161 Å². The Morgan fingerprint density at radius 2 is 1.64 bits per heavy atom. The number of carbonyl (C=O) groups is 2. The van der Waals surface area contributed by atoms with E-state index >= 15 is 0 Å². The zero-order valence-corrected chi connectivity index (χ0v) is 15.7. The Balaban J connectivity index is 2.07. The van der Waals surface area contributed by atoms with E-state index in [4.69, 9.17) is 14.2 Å². The molecule has 28 heavy (non-hydrogen) atoms. The van der Waals surface area contributed by atoms with Gasteiger partial charge in [-0.1, -0.05) is 12.1 Å². The Hall–Kier alpha value is -3.62. The number of non-ortho nitro benzene ring substituents is 1. The molecule has 0 aliphatic carbocycles. The van der Waals surface area contributed by atoms with E-state index in [0.29, 0.717) is 13.0 Å². The summed E-state index contributed by atoms with van der Waals surface area (Å²) in [5.74, 6) is -0.435. The number of nitro benzene ring substituents is 1. The number of carbonyl (C=O) groups excluding carboxylic acids is 2. The molecule has 0 bridgehead atoms. The fourth-order valence-electron chi connectivity index (χ4n) is 2.46. The Bertz CT molecular complexity index is 853. The highest BCUT2D eigenvalue weighted by Crippen LogP contribution is 2.38. The van der Waals surface area contributed by atoms with Gasteiger partial charge >= 0.3 is 5.97 Å². The standard InChI is InChI=1S/C19H20N2O7/c1-12(22)28-18-16(26-2)10-14(11-17(18)27-3)19(23)20-9-8-13-4-6-15(7-5-13)21(24)25/h4-7,10-11H,8-9H2,1-3H3,(H,20,23). The van der Waals surface area contributed by atoms with Crippen molar-refractivity contribution in [2.45, 2.75) is 13.3 Å². The lowest BCUT2D eigenvalue weighted by molar-refractivity contribution is -0.384. The molecule has 148 valence electrons. The van der Waals surface area contributed by atoms with Crippen LogP contribution in [-0.4, -0.2) is 37.6 Å². The van der Waals surface area contributed by atoms with Gasteiger partial charge in [-0.15, -0.1) is 0 Å². The van der Waals surface area contributed by atoms with Crippen molar-refractivity contribution in [3.8, 4) is 17.2 Å². The van der Waals surface area contributed by atoms with Gasteiger partial charge in [-0.3, -0.25) is 19.7 Å². The van der Waals surface area contributed by atoms with Crippen LogP contribution < -0.4 is 19.5 Å². The molecule has 0 saturated heterocycles. The van der Waals surface area contributed by atoms with Crippen LogP contribution >= 0.6 is 0 Å². The molecule has 2 aromatic carbocycles. The predicted octanol–water partition coefficient (Wildman–Crippen LogP) is 2.51. The van der Waals surface area contributed by atoms with Gasteiger partial charge in [0.25, 0.3) is 11.6 Å². The minimum atomic E-state index is -0.545. The molecule has 0 heterocycles. The highest BCUT2D eigenvalue weighted by Gasteiger charge is 2.19. The van der Waals surface area contributed by atoms with Gasteiger partial charge in [0, 0.05) is 31.2 Å². The van der Waals surface area contributed by atoms with Gasteiger partial charge in [0.15, 0.2) is 11.5 Å². The second-order valence-corrected chi connectivity index (χ2v) is 5.73. The van der Waals surface area contributed by atoms with Crippen molar-refractivity contribution in [1.82, 2.24) is 5.32 Å². The minimum Gasteiger partial charge on any atom is -0.493 e. The number of esters is 1. The van der Waals surface area contributed by atoms with Crippen molar-refractivity contribution in [1.29, 1.82) is 0 Å². The van der Waals surface area contributed by atoms with E-state index in [0.717, 1.165) is 5.56 Å². The predicted molar refractivity (Wildman–Crippen MR) is 100.0 cm³/mol. The van der Waals surface area contributed by atoms with E-state index in [1.165, 1.54) is 45.4 Å². The van der Waals surface area contributed by atoms with Crippen LogP contribution in [0.5, 0.6) is 17.2 Å². The molecule has 0 fully saturated rings. The highest BCUT2D eigenvalue weighted by molar-refractivity contribution is 5.95. The second-order valence-electron chi connectivity index (χ2n) is 5.73. The molecular weight excluding hydrogens is 368 g/mol. The van der Waals surface area contributed by atoms with Crippen molar-refractivity contribution in [2.24, 2.45) is 0 Å². The van der Waals surface area contributed by atoms with Crippen LogP contribution in [-0.2, 0) is 11.2 Å². The maximum atomic E-state index is 12.4. The van der Waals surface area contributed by atoms with Crippen molar-refractivity contribution < 1.29 is 28.7 Å². The zero-order chi connectivity index (χ0) is 20.7. The molecule has 0 atom stereocenters. The molecule has 9 heteroatoms. The summed E-state index contributed by atoms with van der Waals surface area (Å²) >= 11 is 0. The first-order valence-electron chi connectivity index (χ1n) is 8.31. The van der Waals surface area contributed by atoms with Crippen LogP contribution in [0.1, 0.15) is 22.8 Å². The van der Waals surface area contributed by atoms with Gasteiger partial charge in [-0.2, -0.15) is 0 Å². The Morgan fingerprint density at radius 3 is 2.11 bits per heavy atom. The summed E-state index contributed by atoms with van der Waals surface area (Å²) in [5.41, 5.74) is 1.14. The van der Waals surface area contributed by atoms with Gasteiger partial charge in [-0.05, 0) is 24.1 Å². The van der Waals surface area contributed by atoms with Gasteiger partial charge in [0.05, 0.1) is 19.1 Å². The molecule has 0 saturated carbocycles. The van der Waals surface area contributed by atoms with Crippen LogP contribution in [0, 0.1) is 10.1 Å². The summed E-state index contributed by atoms with van der Waals surface area (Å²) in [6.45, 7) is 1.57. The van der Waals surface area contributed by atoms with Crippen LogP contribution in [0.25, 0.3) is 0 Å². The quantitative estimate of drug-likeness (QED) is 0.319. The number of nitrogens with zero attached hydrogens (tertiary/aromatic N) is 1. The molecule has 0 aromatic heterocycles. The van der Waals surface area contributed by atoms with Crippen molar-refractivity contribution in [3.63, 3.8) is 0 Å². The average molecular weight is 388 g/mol. The lowest BCUT2D eigenvalue weighted by Gasteiger charge is -2.14. The van der Waals surface area contributed by atoms with Crippen molar-refractivity contribution >= 4 is 17.6 Å². The lowest BCUT2D eigenvalue weighted by atomic mass is 10.1. The molecule has 1 amide bonds. The minimum absolute atomic E-state index is 0.0137. The first kappa shape index (κ1) is 20.7. The van der Waals surface area contributed by atoms with E-state index in [2.05, 4.69) is 5.32 Å². The summed E-state index contributed by atoms with van der Waals surface area (Å²) in [6.07, 6.45) is 0.504. The topological polar surface area (TPSA) is 117 Å². The molecular formula is C19H20N2O7. The molecule has 2 aromatic rings. The highest BCUT2D eigenvalue weighted by atomic mass is 16.6. The van der Waals surface area contributed by atoms with E-state index in [1.54, 1.807) is 12.1 Å². The smallest absolute Gasteiger partial charge is 0.308 e. The maximum Gasteiger partial charge on any atom is 0.308 e. The molecule has 0 unspecified atom stereocenters. The average Bonchev–Trinajstić information content (AvgIpc) is 2.67. The van der Waals surface area contributed by atoms with Gasteiger partial charge in [0.2, 0.25) is 5.75 Å². The Kier molecular flexibility index (Phi) is 6.91. The van der Waals surface area contributed by atoms with Crippen molar-refractivity contribution in [3.05, 3.63) is 57.6 Å².